The summed E-state index contributed by atoms with van der Waals surface area (Å²) in [6.45, 7) is 5.39. The number of aromatic nitrogens is 3. The Morgan fingerprint density at radius 3 is 1.88 bits per heavy atom. The molecule has 6 amide bonds. The molecule has 4 rings (SSSR count). The number of nitrogens with one attached hydrogen (secondary N) is 7. The summed E-state index contributed by atoms with van der Waals surface area (Å²) in [5, 5.41) is 14.5. The molecule has 322 valence electrons. The SMILES string of the molecule is CC(C)C[C@H](NC(=O)[C@H](C)N)C(=O)N[C@@H](CCCN=C(N)N)C(=O)N[C@@H](Cc1ccccc1)C(=O)N[C@@H](Cc1cnc[nH]1)C(=O)N[C@@H](Cc1c[nH]c2ccccc12)C(N)=O. The Morgan fingerprint density at radius 2 is 1.27 bits per heavy atom. The molecule has 6 atom stereocenters. The summed E-state index contributed by atoms with van der Waals surface area (Å²) in [6.07, 6.45) is 5.24. The summed E-state index contributed by atoms with van der Waals surface area (Å²) < 4.78 is 0. The molecule has 0 bridgehead atoms. The fourth-order valence-electron chi connectivity index (χ4n) is 6.50. The number of hydrogen-bond donors (Lipinski definition) is 11. The van der Waals surface area contributed by atoms with Crippen molar-refractivity contribution in [2.45, 2.75) is 95.5 Å². The number of imidazole rings is 1. The standard InChI is InChI=1S/C41H57N13O6/c1-23(2)16-32(52-36(56)24(3)42)38(58)50-30(14-9-15-47-41(44)45)37(57)53-33(17-25-10-5-4-6-11-25)39(59)54-34(19-27-21-46-22-49-27)40(60)51-31(35(43)55)18-26-20-48-29-13-8-7-12-28(26)29/h4-8,10-13,20-24,30-34,48H,9,14-19,42H2,1-3H3,(H2,43,55)(H,46,49)(H,50,58)(H,51,60)(H,52,56)(H,53,57)(H,54,59)(H4,44,45,47)/t24-,30-,31-,32-,33-,34-/m0/s1. The van der Waals surface area contributed by atoms with Gasteiger partial charge < -0.3 is 59.5 Å². The fourth-order valence-corrected chi connectivity index (χ4v) is 6.50. The highest BCUT2D eigenvalue weighted by molar-refractivity contribution is 5.97. The molecule has 19 nitrogen and oxygen atoms in total. The predicted molar refractivity (Wildman–Crippen MR) is 226 cm³/mol. The van der Waals surface area contributed by atoms with E-state index in [4.69, 9.17) is 22.9 Å². The third-order valence-corrected chi connectivity index (χ3v) is 9.62. The zero-order valence-electron chi connectivity index (χ0n) is 34.1. The van der Waals surface area contributed by atoms with Crippen molar-refractivity contribution in [1.82, 2.24) is 41.5 Å². The molecule has 0 aliphatic carbocycles. The van der Waals surface area contributed by atoms with Crippen molar-refractivity contribution in [2.75, 3.05) is 6.54 Å². The molecule has 60 heavy (non-hydrogen) atoms. The molecular formula is C41H57N13O6. The Labute approximate surface area is 348 Å². The smallest absolute Gasteiger partial charge is 0.243 e. The number of rotatable bonds is 23. The molecule has 2 aromatic carbocycles. The topological polar surface area (TPSA) is 323 Å². The van der Waals surface area contributed by atoms with E-state index in [2.05, 4.69) is 46.5 Å². The third kappa shape index (κ3) is 14.3. The summed E-state index contributed by atoms with van der Waals surface area (Å²) in [6, 6.07) is 9.61. The van der Waals surface area contributed by atoms with E-state index < -0.39 is 71.7 Å². The van der Waals surface area contributed by atoms with Crippen LogP contribution in [0.15, 0.2) is 78.3 Å². The van der Waals surface area contributed by atoms with Gasteiger partial charge in [-0.05, 0) is 49.3 Å². The van der Waals surface area contributed by atoms with Crippen LogP contribution >= 0.6 is 0 Å². The largest absolute Gasteiger partial charge is 0.370 e. The average Bonchev–Trinajstić information content (AvgIpc) is 3.88. The van der Waals surface area contributed by atoms with Gasteiger partial charge in [-0.1, -0.05) is 62.4 Å². The van der Waals surface area contributed by atoms with Crippen molar-refractivity contribution in [3.05, 3.63) is 90.1 Å². The average molecular weight is 828 g/mol. The van der Waals surface area contributed by atoms with Crippen LogP contribution in [0.1, 0.15) is 56.9 Å². The molecule has 0 spiro atoms. The van der Waals surface area contributed by atoms with Crippen molar-refractivity contribution >= 4 is 52.3 Å². The van der Waals surface area contributed by atoms with Gasteiger partial charge in [-0.25, -0.2) is 4.98 Å². The first-order valence-electron chi connectivity index (χ1n) is 19.8. The van der Waals surface area contributed by atoms with E-state index in [0.29, 0.717) is 11.3 Å². The van der Waals surface area contributed by atoms with Crippen molar-refractivity contribution in [3.63, 3.8) is 0 Å². The van der Waals surface area contributed by atoms with Crippen LogP contribution in [0, 0.1) is 5.92 Å². The molecule has 19 heteroatoms. The zero-order valence-corrected chi connectivity index (χ0v) is 34.1. The minimum Gasteiger partial charge on any atom is -0.370 e. The summed E-state index contributed by atoms with van der Waals surface area (Å²) in [5.41, 5.74) is 25.3. The molecule has 0 saturated carbocycles. The number of nitrogens with two attached hydrogens (primary N) is 4. The predicted octanol–water partition coefficient (Wildman–Crippen LogP) is -0.725. The normalized spacial score (nSPS) is 14.2. The van der Waals surface area contributed by atoms with Crippen molar-refractivity contribution in [2.24, 2.45) is 33.8 Å². The number of amides is 6. The van der Waals surface area contributed by atoms with Crippen molar-refractivity contribution in [1.29, 1.82) is 0 Å². The lowest BCUT2D eigenvalue weighted by Crippen LogP contribution is -2.60. The molecular weight excluding hydrogens is 771 g/mol. The van der Waals surface area contributed by atoms with Crippen LogP contribution in [0.4, 0.5) is 0 Å². The fraction of sp³-hybridized carbons (Fsp3) is 0.415. The number of hydrogen-bond acceptors (Lipinski definition) is 9. The lowest BCUT2D eigenvalue weighted by Gasteiger charge is -2.27. The number of aliphatic imine (C=N–C) groups is 1. The van der Waals surface area contributed by atoms with Crippen LogP contribution in [0.25, 0.3) is 10.9 Å². The molecule has 2 aromatic heterocycles. The van der Waals surface area contributed by atoms with Crippen LogP contribution in [-0.4, -0.2) is 99.2 Å². The van der Waals surface area contributed by atoms with Gasteiger partial charge in [0.05, 0.1) is 12.4 Å². The zero-order chi connectivity index (χ0) is 43.8. The summed E-state index contributed by atoms with van der Waals surface area (Å²) in [7, 11) is 0. The summed E-state index contributed by atoms with van der Waals surface area (Å²) in [5.74, 6) is -4.27. The van der Waals surface area contributed by atoms with E-state index in [-0.39, 0.29) is 56.9 Å². The molecule has 0 aliphatic rings. The van der Waals surface area contributed by atoms with Crippen LogP contribution in [0.3, 0.4) is 0 Å². The lowest BCUT2D eigenvalue weighted by molar-refractivity contribution is -0.135. The second kappa shape index (κ2) is 22.4. The maximum atomic E-state index is 14.3. The number of carbonyl (C=O) groups is 6. The Bertz CT molecular complexity index is 2080. The van der Waals surface area contributed by atoms with Gasteiger partial charge in [0.25, 0.3) is 0 Å². The molecule has 15 N–H and O–H groups in total. The maximum Gasteiger partial charge on any atom is 0.243 e. The highest BCUT2D eigenvalue weighted by atomic mass is 16.2. The van der Waals surface area contributed by atoms with Crippen LogP contribution in [-0.2, 0) is 48.0 Å². The molecule has 4 aromatic rings. The van der Waals surface area contributed by atoms with E-state index in [0.717, 1.165) is 16.5 Å². The number of fused-ring (bicyclic) bond motifs is 1. The molecule has 0 fully saturated rings. The maximum absolute atomic E-state index is 14.3. The number of carbonyl (C=O) groups excluding carboxylic acids is 6. The highest BCUT2D eigenvalue weighted by Crippen LogP contribution is 2.19. The van der Waals surface area contributed by atoms with Gasteiger partial charge in [-0.3, -0.25) is 33.8 Å². The van der Waals surface area contributed by atoms with Crippen LogP contribution in [0.5, 0.6) is 0 Å². The Balaban J connectivity index is 1.60. The van der Waals surface area contributed by atoms with Crippen LogP contribution in [0.2, 0.25) is 0 Å². The first-order chi connectivity index (χ1) is 28.6. The van der Waals surface area contributed by atoms with Crippen molar-refractivity contribution in [3.8, 4) is 0 Å². The van der Waals surface area contributed by atoms with E-state index in [1.165, 1.54) is 19.4 Å². The molecule has 2 heterocycles. The highest BCUT2D eigenvalue weighted by Gasteiger charge is 2.33. The van der Waals surface area contributed by atoms with E-state index in [9.17, 15) is 28.8 Å². The number of nitrogens with zero attached hydrogens (tertiary/aromatic N) is 2. The molecule has 0 radical (unpaired) electrons. The third-order valence-electron chi connectivity index (χ3n) is 9.62. The van der Waals surface area contributed by atoms with Crippen LogP contribution < -0.4 is 49.5 Å². The molecule has 0 unspecified atom stereocenters. The quantitative estimate of drug-likeness (QED) is 0.0253. The number of benzene rings is 2. The lowest BCUT2D eigenvalue weighted by atomic mass is 10.0. The van der Waals surface area contributed by atoms with Gasteiger partial charge in [-0.2, -0.15) is 0 Å². The molecule has 0 saturated heterocycles. The number of primary amides is 1. The van der Waals surface area contributed by atoms with Gasteiger partial charge in [-0.15, -0.1) is 0 Å². The van der Waals surface area contributed by atoms with E-state index >= 15 is 0 Å². The van der Waals surface area contributed by atoms with Gasteiger partial charge in [0.15, 0.2) is 5.96 Å². The first-order valence-corrected chi connectivity index (χ1v) is 19.8. The number of aromatic amines is 2. The second-order valence-corrected chi connectivity index (χ2v) is 15.1. The monoisotopic (exact) mass is 827 g/mol. The van der Waals surface area contributed by atoms with E-state index in [1.807, 2.05) is 38.1 Å². The number of para-hydroxylation sites is 1. The summed E-state index contributed by atoms with van der Waals surface area (Å²) >= 11 is 0. The van der Waals surface area contributed by atoms with Gasteiger partial charge in [0.2, 0.25) is 35.4 Å². The second-order valence-electron chi connectivity index (χ2n) is 15.1. The van der Waals surface area contributed by atoms with Gasteiger partial charge in [0, 0.05) is 54.8 Å². The Hall–Kier alpha value is -6.76. The number of guanidine groups is 1. The Morgan fingerprint density at radius 1 is 0.683 bits per heavy atom. The first kappa shape index (κ1) is 45.9. The van der Waals surface area contributed by atoms with E-state index in [1.54, 1.807) is 36.5 Å². The summed E-state index contributed by atoms with van der Waals surface area (Å²) in [4.78, 5) is 95.5. The minimum absolute atomic E-state index is 0.00360. The van der Waals surface area contributed by atoms with Gasteiger partial charge >= 0.3 is 0 Å². The minimum atomic E-state index is -1.27. The number of H-pyrrole nitrogens is 2. The Kier molecular flexibility index (Phi) is 17.2. The van der Waals surface area contributed by atoms with Crippen molar-refractivity contribution < 1.29 is 28.8 Å². The molecule has 0 aliphatic heterocycles. The van der Waals surface area contributed by atoms with Gasteiger partial charge in [0.1, 0.15) is 30.2 Å².